The van der Waals surface area contributed by atoms with Gasteiger partial charge >= 0.3 is 0 Å². The van der Waals surface area contributed by atoms with Gasteiger partial charge in [-0.3, -0.25) is 9.59 Å². The lowest BCUT2D eigenvalue weighted by molar-refractivity contribution is -0.122. The van der Waals surface area contributed by atoms with E-state index in [-0.39, 0.29) is 11.8 Å². The van der Waals surface area contributed by atoms with Gasteiger partial charge in [-0.2, -0.15) is 0 Å². The van der Waals surface area contributed by atoms with Gasteiger partial charge in [0.1, 0.15) is 5.75 Å². The molecule has 0 heterocycles. The van der Waals surface area contributed by atoms with Crippen LogP contribution in [0.5, 0.6) is 5.75 Å². The summed E-state index contributed by atoms with van der Waals surface area (Å²) >= 11 is 0. The van der Waals surface area contributed by atoms with E-state index in [0.717, 1.165) is 23.2 Å². The molecule has 1 atom stereocenters. The van der Waals surface area contributed by atoms with Crippen molar-refractivity contribution in [2.75, 3.05) is 11.9 Å². The highest BCUT2D eigenvalue weighted by Gasteiger charge is 2.16. The second kappa shape index (κ2) is 10.4. The average Bonchev–Trinajstić information content (AvgIpc) is 2.76. The molecule has 0 aromatic heterocycles. The van der Waals surface area contributed by atoms with E-state index in [2.05, 4.69) is 10.6 Å². The number of carbonyl (C=O) groups is 2. The maximum absolute atomic E-state index is 12.5. The average molecular weight is 417 g/mol. The molecule has 5 nitrogen and oxygen atoms in total. The van der Waals surface area contributed by atoms with Crippen molar-refractivity contribution in [3.8, 4) is 5.75 Å². The van der Waals surface area contributed by atoms with Crippen molar-refractivity contribution in [1.29, 1.82) is 0 Å². The third-order valence-electron chi connectivity index (χ3n) is 4.98. The maximum Gasteiger partial charge on any atom is 0.265 e. The third kappa shape index (κ3) is 6.44. The molecule has 3 aromatic carbocycles. The molecule has 0 bridgehead atoms. The number of hydrogen-bond acceptors (Lipinski definition) is 3. The van der Waals surface area contributed by atoms with Crippen molar-refractivity contribution in [3.63, 3.8) is 0 Å². The summed E-state index contributed by atoms with van der Waals surface area (Å²) in [6, 6.07) is 22.7. The maximum atomic E-state index is 12.5. The third-order valence-corrected chi connectivity index (χ3v) is 4.98. The highest BCUT2D eigenvalue weighted by molar-refractivity contribution is 5.95. The Hall–Kier alpha value is -3.60. The van der Waals surface area contributed by atoms with E-state index in [9.17, 15) is 9.59 Å². The number of anilines is 1. The zero-order chi connectivity index (χ0) is 22.2. The Morgan fingerprint density at radius 2 is 1.65 bits per heavy atom. The summed E-state index contributed by atoms with van der Waals surface area (Å²) in [5.74, 6) is 0.168. The number of benzene rings is 3. The number of nitrogens with one attached hydrogen (secondary N) is 2. The van der Waals surface area contributed by atoms with E-state index in [4.69, 9.17) is 4.74 Å². The Kier molecular flexibility index (Phi) is 7.44. The van der Waals surface area contributed by atoms with Crippen molar-refractivity contribution >= 4 is 17.5 Å². The summed E-state index contributed by atoms with van der Waals surface area (Å²) in [4.78, 5) is 24.8. The molecule has 0 saturated carbocycles. The van der Waals surface area contributed by atoms with Crippen LogP contribution in [0, 0.1) is 13.8 Å². The van der Waals surface area contributed by atoms with Crippen LogP contribution in [0.4, 0.5) is 5.69 Å². The molecule has 0 fully saturated rings. The molecule has 0 saturated heterocycles. The minimum atomic E-state index is -0.675. The van der Waals surface area contributed by atoms with Crippen LogP contribution in [0.2, 0.25) is 0 Å². The molecule has 5 heteroatoms. The van der Waals surface area contributed by atoms with Crippen LogP contribution >= 0.6 is 0 Å². The van der Waals surface area contributed by atoms with Crippen molar-refractivity contribution in [1.82, 2.24) is 5.32 Å². The first-order valence-electron chi connectivity index (χ1n) is 10.4. The monoisotopic (exact) mass is 416 g/mol. The van der Waals surface area contributed by atoms with Gasteiger partial charge in [-0.1, -0.05) is 48.0 Å². The quantitative estimate of drug-likeness (QED) is 0.560. The minimum Gasteiger partial charge on any atom is -0.481 e. The van der Waals surface area contributed by atoms with Gasteiger partial charge in [-0.25, -0.2) is 0 Å². The van der Waals surface area contributed by atoms with Gasteiger partial charge in [-0.05, 0) is 68.7 Å². The Labute approximate surface area is 183 Å². The van der Waals surface area contributed by atoms with Crippen LogP contribution in [-0.4, -0.2) is 24.5 Å². The molecule has 160 valence electrons. The molecule has 2 N–H and O–H groups in total. The van der Waals surface area contributed by atoms with E-state index >= 15 is 0 Å². The van der Waals surface area contributed by atoms with Crippen LogP contribution < -0.4 is 15.4 Å². The molecular weight excluding hydrogens is 388 g/mol. The van der Waals surface area contributed by atoms with E-state index in [1.54, 1.807) is 31.2 Å². The summed E-state index contributed by atoms with van der Waals surface area (Å²) in [6.45, 7) is 6.23. The predicted octanol–water partition coefficient (Wildman–Crippen LogP) is 4.68. The molecule has 0 radical (unpaired) electrons. The van der Waals surface area contributed by atoms with Gasteiger partial charge in [0.05, 0.1) is 0 Å². The van der Waals surface area contributed by atoms with Crippen LogP contribution in [0.3, 0.4) is 0 Å². The summed E-state index contributed by atoms with van der Waals surface area (Å²) in [6.07, 6.45) is 0.104. The Morgan fingerprint density at radius 1 is 0.935 bits per heavy atom. The van der Waals surface area contributed by atoms with Crippen LogP contribution in [0.15, 0.2) is 72.8 Å². The second-order valence-electron chi connectivity index (χ2n) is 7.58. The highest BCUT2D eigenvalue weighted by atomic mass is 16.5. The van der Waals surface area contributed by atoms with Crippen LogP contribution in [-0.2, 0) is 11.2 Å². The lowest BCUT2D eigenvalue weighted by Gasteiger charge is -2.16. The molecule has 3 rings (SSSR count). The molecular formula is C26H28N2O3. The number of carbonyl (C=O) groups excluding carboxylic acids is 2. The number of hydrogen-bond donors (Lipinski definition) is 2. The normalized spacial score (nSPS) is 11.5. The highest BCUT2D eigenvalue weighted by Crippen LogP contribution is 2.18. The molecule has 0 spiro atoms. The van der Waals surface area contributed by atoms with Crippen LogP contribution in [0.25, 0.3) is 0 Å². The molecule has 2 amide bonds. The van der Waals surface area contributed by atoms with E-state index in [1.165, 1.54) is 5.56 Å². The fraction of sp³-hybridized carbons (Fsp3) is 0.231. The first-order valence-corrected chi connectivity index (χ1v) is 10.4. The first kappa shape index (κ1) is 22.1. The predicted molar refractivity (Wildman–Crippen MR) is 124 cm³/mol. The van der Waals surface area contributed by atoms with Crippen molar-refractivity contribution in [2.45, 2.75) is 33.3 Å². The summed E-state index contributed by atoms with van der Waals surface area (Å²) in [7, 11) is 0. The fourth-order valence-corrected chi connectivity index (χ4v) is 3.20. The van der Waals surface area contributed by atoms with Gasteiger partial charge in [0.2, 0.25) is 0 Å². The SMILES string of the molecule is Cc1ccc(NC(=O)[C@H](C)Oc2ccc(C(=O)NCCc3ccccc3)cc2)c(C)c1. The van der Waals surface area contributed by atoms with Gasteiger partial charge in [0.25, 0.3) is 11.8 Å². The molecule has 0 aliphatic carbocycles. The second-order valence-corrected chi connectivity index (χ2v) is 7.58. The minimum absolute atomic E-state index is 0.136. The summed E-state index contributed by atoms with van der Waals surface area (Å²) < 4.78 is 5.74. The summed E-state index contributed by atoms with van der Waals surface area (Å²) in [5.41, 5.74) is 4.65. The Bertz CT molecular complexity index is 1030. The van der Waals surface area contributed by atoms with Crippen molar-refractivity contribution < 1.29 is 14.3 Å². The van der Waals surface area contributed by atoms with Gasteiger partial charge in [0, 0.05) is 17.8 Å². The fourth-order valence-electron chi connectivity index (χ4n) is 3.20. The topological polar surface area (TPSA) is 67.4 Å². The molecule has 31 heavy (non-hydrogen) atoms. The molecule has 3 aromatic rings. The van der Waals surface area contributed by atoms with E-state index in [1.807, 2.05) is 62.4 Å². The number of ether oxygens (including phenoxy) is 1. The van der Waals surface area contributed by atoms with Gasteiger partial charge in [-0.15, -0.1) is 0 Å². The van der Waals surface area contributed by atoms with Crippen LogP contribution in [0.1, 0.15) is 34.0 Å². The molecule has 0 aliphatic heterocycles. The molecule has 0 unspecified atom stereocenters. The summed E-state index contributed by atoms with van der Waals surface area (Å²) in [5, 5.41) is 5.81. The lowest BCUT2D eigenvalue weighted by atomic mass is 10.1. The first-order chi connectivity index (χ1) is 14.9. The van der Waals surface area contributed by atoms with E-state index < -0.39 is 6.10 Å². The molecule has 0 aliphatic rings. The zero-order valence-electron chi connectivity index (χ0n) is 18.1. The van der Waals surface area contributed by atoms with Crippen molar-refractivity contribution in [3.05, 3.63) is 95.1 Å². The zero-order valence-corrected chi connectivity index (χ0v) is 18.1. The number of aryl methyl sites for hydroxylation is 2. The standard InChI is InChI=1S/C26H28N2O3/c1-18-9-14-24(19(2)17-18)28-25(29)20(3)31-23-12-10-22(11-13-23)26(30)27-16-15-21-7-5-4-6-8-21/h4-14,17,20H,15-16H2,1-3H3,(H,27,30)(H,28,29)/t20-/m0/s1. The van der Waals surface area contributed by atoms with E-state index in [0.29, 0.717) is 17.9 Å². The van der Waals surface area contributed by atoms with Crippen molar-refractivity contribution in [2.24, 2.45) is 0 Å². The van der Waals surface area contributed by atoms with Gasteiger partial charge in [0.15, 0.2) is 6.10 Å². The largest absolute Gasteiger partial charge is 0.481 e. The Morgan fingerprint density at radius 3 is 2.32 bits per heavy atom. The Balaban J connectivity index is 1.49. The lowest BCUT2D eigenvalue weighted by Crippen LogP contribution is -2.30. The van der Waals surface area contributed by atoms with Gasteiger partial charge < -0.3 is 15.4 Å². The number of amides is 2. The number of rotatable bonds is 8. The smallest absolute Gasteiger partial charge is 0.265 e.